The molecule has 3 atom stereocenters. The molecule has 0 spiro atoms. The Bertz CT molecular complexity index is 694. The number of aromatic amines is 1. The molecule has 2 heterocycles. The van der Waals surface area contributed by atoms with Crippen molar-refractivity contribution >= 4 is 5.91 Å². The van der Waals surface area contributed by atoms with Gasteiger partial charge < -0.3 is 19.8 Å². The number of rotatable bonds is 3. The van der Waals surface area contributed by atoms with Crippen LogP contribution in [0.25, 0.3) is 0 Å². The summed E-state index contributed by atoms with van der Waals surface area (Å²) < 4.78 is 6.64. The lowest BCUT2D eigenvalue weighted by molar-refractivity contribution is -0.175. The molecular weight excluding hydrogens is 294 g/mol. The number of H-pyrrole nitrogens is 1. The van der Waals surface area contributed by atoms with Crippen LogP contribution in [0.1, 0.15) is 18.2 Å². The maximum absolute atomic E-state index is 12.2. The maximum atomic E-state index is 12.2. The lowest BCUT2D eigenvalue weighted by Gasteiger charge is -2.31. The van der Waals surface area contributed by atoms with Crippen molar-refractivity contribution in [3.8, 4) is 0 Å². The van der Waals surface area contributed by atoms with E-state index in [9.17, 15) is 24.6 Å². The zero-order valence-electron chi connectivity index (χ0n) is 12.6. The Hall–Kier alpha value is -1.97. The van der Waals surface area contributed by atoms with Gasteiger partial charge in [0.25, 0.3) is 11.5 Å². The van der Waals surface area contributed by atoms with Crippen LogP contribution in [0.4, 0.5) is 0 Å². The number of likely N-dealkylation sites (N-methyl/N-ethyl adjacent to an activating group) is 1. The number of carbonyl (C=O) groups excluding carboxylic acids is 1. The van der Waals surface area contributed by atoms with Crippen molar-refractivity contribution in [3.05, 3.63) is 32.6 Å². The number of nitrogens with zero attached hydrogens (tertiary/aromatic N) is 2. The zero-order chi connectivity index (χ0) is 16.7. The highest BCUT2D eigenvalue weighted by atomic mass is 16.6. The molecule has 2 rings (SSSR count). The molecule has 22 heavy (non-hydrogen) atoms. The monoisotopic (exact) mass is 313 g/mol. The number of aromatic nitrogens is 2. The number of amides is 1. The fourth-order valence-corrected chi connectivity index (χ4v) is 2.50. The molecule has 0 radical (unpaired) electrons. The van der Waals surface area contributed by atoms with Gasteiger partial charge in [0, 0.05) is 32.3 Å². The molecule has 1 saturated heterocycles. The first-order valence-corrected chi connectivity index (χ1v) is 6.73. The molecule has 1 aliphatic rings. The standard InChI is InChI=1S/C13H19N3O6/c1-7-5-16(12(21)14-10(7)19)9-4-8(18)13(6-17,22-9)11(20)15(2)3/h5,8-9,17-18H,4,6H2,1-3H3,(H,14,19,21)/t8-,9+,13+/m0/s1. The van der Waals surface area contributed by atoms with Gasteiger partial charge in [-0.15, -0.1) is 0 Å². The van der Waals surface area contributed by atoms with E-state index >= 15 is 0 Å². The van der Waals surface area contributed by atoms with Gasteiger partial charge in [-0.2, -0.15) is 0 Å². The second kappa shape index (κ2) is 5.67. The molecule has 1 amide bonds. The van der Waals surface area contributed by atoms with Crippen molar-refractivity contribution in [1.29, 1.82) is 0 Å². The molecule has 0 aromatic carbocycles. The number of aliphatic hydroxyl groups is 2. The van der Waals surface area contributed by atoms with Gasteiger partial charge in [-0.1, -0.05) is 0 Å². The van der Waals surface area contributed by atoms with Crippen LogP contribution < -0.4 is 11.2 Å². The summed E-state index contributed by atoms with van der Waals surface area (Å²) in [5, 5.41) is 19.7. The molecule has 0 saturated carbocycles. The van der Waals surface area contributed by atoms with E-state index in [4.69, 9.17) is 4.74 Å². The third-order valence-electron chi connectivity index (χ3n) is 3.77. The van der Waals surface area contributed by atoms with Gasteiger partial charge in [0.05, 0.1) is 12.7 Å². The molecule has 1 aliphatic heterocycles. The van der Waals surface area contributed by atoms with E-state index in [2.05, 4.69) is 4.98 Å². The number of carbonyl (C=O) groups is 1. The van der Waals surface area contributed by atoms with Gasteiger partial charge in [-0.3, -0.25) is 19.1 Å². The summed E-state index contributed by atoms with van der Waals surface area (Å²) >= 11 is 0. The predicted molar refractivity (Wildman–Crippen MR) is 75.3 cm³/mol. The molecule has 122 valence electrons. The molecule has 1 fully saturated rings. The Morgan fingerprint density at radius 3 is 2.73 bits per heavy atom. The third kappa shape index (κ3) is 2.47. The summed E-state index contributed by atoms with van der Waals surface area (Å²) in [6.07, 6.45) is -1.01. The molecule has 9 heteroatoms. The minimum Gasteiger partial charge on any atom is -0.393 e. The summed E-state index contributed by atoms with van der Waals surface area (Å²) in [6, 6.07) is 0. The first-order valence-electron chi connectivity index (χ1n) is 6.73. The molecule has 9 nitrogen and oxygen atoms in total. The van der Waals surface area contributed by atoms with Crippen LogP contribution in [0, 0.1) is 6.92 Å². The first-order chi connectivity index (χ1) is 10.2. The van der Waals surface area contributed by atoms with Gasteiger partial charge in [0.15, 0.2) is 5.60 Å². The van der Waals surface area contributed by atoms with Crippen LogP contribution in [0.15, 0.2) is 15.8 Å². The van der Waals surface area contributed by atoms with Crippen LogP contribution in [0.3, 0.4) is 0 Å². The normalized spacial score (nSPS) is 27.9. The van der Waals surface area contributed by atoms with Crippen LogP contribution in [0.2, 0.25) is 0 Å². The van der Waals surface area contributed by atoms with Gasteiger partial charge in [0.1, 0.15) is 6.23 Å². The fourth-order valence-electron chi connectivity index (χ4n) is 2.50. The Balaban J connectivity index is 2.42. The highest BCUT2D eigenvalue weighted by Crippen LogP contribution is 2.37. The summed E-state index contributed by atoms with van der Waals surface area (Å²) in [5.74, 6) is -0.598. The highest BCUT2D eigenvalue weighted by molar-refractivity contribution is 5.86. The van der Waals surface area contributed by atoms with Crippen molar-refractivity contribution in [2.45, 2.75) is 31.3 Å². The topological polar surface area (TPSA) is 125 Å². The lowest BCUT2D eigenvalue weighted by atomic mass is 9.96. The van der Waals surface area contributed by atoms with Crippen LogP contribution in [-0.2, 0) is 9.53 Å². The second-order valence-corrected chi connectivity index (χ2v) is 5.55. The number of ether oxygens (including phenoxy) is 1. The van der Waals surface area contributed by atoms with Crippen LogP contribution >= 0.6 is 0 Å². The van der Waals surface area contributed by atoms with E-state index < -0.39 is 41.7 Å². The average molecular weight is 313 g/mol. The van der Waals surface area contributed by atoms with Crippen molar-refractivity contribution in [3.63, 3.8) is 0 Å². The minimum atomic E-state index is -1.82. The van der Waals surface area contributed by atoms with E-state index in [1.807, 2.05) is 0 Å². The van der Waals surface area contributed by atoms with Crippen LogP contribution in [-0.4, -0.2) is 63.0 Å². The van der Waals surface area contributed by atoms with Gasteiger partial charge in [-0.05, 0) is 6.92 Å². The minimum absolute atomic E-state index is 0.0640. The second-order valence-electron chi connectivity index (χ2n) is 5.55. The number of aryl methyl sites for hydroxylation is 1. The van der Waals surface area contributed by atoms with E-state index in [1.54, 1.807) is 0 Å². The number of nitrogens with one attached hydrogen (secondary N) is 1. The van der Waals surface area contributed by atoms with Gasteiger partial charge in [-0.25, -0.2) is 4.79 Å². The van der Waals surface area contributed by atoms with Crippen LogP contribution in [0.5, 0.6) is 0 Å². The SMILES string of the molecule is Cc1cn([C@H]2C[C@H](O)[C@](CO)(C(=O)N(C)C)O2)c(=O)[nH]c1=O. The summed E-state index contributed by atoms with van der Waals surface area (Å²) in [4.78, 5) is 38.8. The summed E-state index contributed by atoms with van der Waals surface area (Å²) in [5.41, 5.74) is -2.76. The fraction of sp³-hybridized carbons (Fsp3) is 0.615. The number of aliphatic hydroxyl groups excluding tert-OH is 2. The Morgan fingerprint density at radius 2 is 2.18 bits per heavy atom. The smallest absolute Gasteiger partial charge is 0.330 e. The Labute approximate surface area is 125 Å². The quantitative estimate of drug-likeness (QED) is 0.589. The van der Waals surface area contributed by atoms with Crippen molar-refractivity contribution in [2.75, 3.05) is 20.7 Å². The summed E-state index contributed by atoms with van der Waals surface area (Å²) in [7, 11) is 2.94. The molecule has 1 aromatic rings. The van der Waals surface area contributed by atoms with Crippen molar-refractivity contribution in [1.82, 2.24) is 14.5 Å². The molecule has 0 bridgehead atoms. The zero-order valence-corrected chi connectivity index (χ0v) is 12.6. The maximum Gasteiger partial charge on any atom is 0.330 e. The lowest BCUT2D eigenvalue weighted by Crippen LogP contribution is -2.55. The molecule has 1 aromatic heterocycles. The average Bonchev–Trinajstić information content (AvgIpc) is 2.79. The van der Waals surface area contributed by atoms with E-state index in [0.717, 1.165) is 4.57 Å². The number of hydrogen-bond acceptors (Lipinski definition) is 6. The largest absolute Gasteiger partial charge is 0.393 e. The van der Waals surface area contributed by atoms with E-state index in [0.29, 0.717) is 0 Å². The van der Waals surface area contributed by atoms with Crippen molar-refractivity contribution in [2.24, 2.45) is 0 Å². The Morgan fingerprint density at radius 1 is 1.55 bits per heavy atom. The summed E-state index contributed by atoms with van der Waals surface area (Å²) in [6.45, 7) is 0.795. The van der Waals surface area contributed by atoms with Gasteiger partial charge in [0.2, 0.25) is 0 Å². The molecule has 0 aliphatic carbocycles. The molecule has 3 N–H and O–H groups in total. The first kappa shape index (κ1) is 16.4. The van der Waals surface area contributed by atoms with E-state index in [-0.39, 0.29) is 12.0 Å². The van der Waals surface area contributed by atoms with Crippen molar-refractivity contribution < 1.29 is 19.7 Å². The molecule has 0 unspecified atom stereocenters. The van der Waals surface area contributed by atoms with E-state index in [1.165, 1.54) is 32.1 Å². The Kier molecular flexibility index (Phi) is 4.23. The predicted octanol–water partition coefficient (Wildman–Crippen LogP) is -2.06. The highest BCUT2D eigenvalue weighted by Gasteiger charge is 2.55. The number of hydrogen-bond donors (Lipinski definition) is 3. The van der Waals surface area contributed by atoms with Gasteiger partial charge >= 0.3 is 5.69 Å². The third-order valence-corrected chi connectivity index (χ3v) is 3.77. The molecular formula is C13H19N3O6.